The van der Waals surface area contributed by atoms with Gasteiger partial charge in [0.2, 0.25) is 5.91 Å². The maximum atomic E-state index is 12.5. The van der Waals surface area contributed by atoms with Crippen molar-refractivity contribution in [1.29, 1.82) is 0 Å². The molecule has 122 valence electrons. The van der Waals surface area contributed by atoms with Gasteiger partial charge in [0.05, 0.1) is 31.8 Å². The highest BCUT2D eigenvalue weighted by Crippen LogP contribution is 2.28. The Morgan fingerprint density at radius 2 is 1.92 bits per heavy atom. The van der Waals surface area contributed by atoms with E-state index in [1.807, 2.05) is 42.5 Å². The number of para-hydroxylation sites is 1. The third-order valence-corrected chi connectivity index (χ3v) is 3.73. The number of hydrogen-bond acceptors (Lipinski definition) is 4. The van der Waals surface area contributed by atoms with E-state index in [1.165, 1.54) is 0 Å². The fraction of sp³-hybridized carbons (Fsp3) is 0.158. The Hall–Kier alpha value is -3.08. The Kier molecular flexibility index (Phi) is 4.61. The van der Waals surface area contributed by atoms with Gasteiger partial charge in [0.15, 0.2) is 0 Å². The average Bonchev–Trinajstić information content (AvgIpc) is 2.62. The number of hydrogen-bond donors (Lipinski definition) is 1. The smallest absolute Gasteiger partial charge is 0.228 e. The molecule has 3 aromatic rings. The highest BCUT2D eigenvalue weighted by molar-refractivity contribution is 6.01. The van der Waals surface area contributed by atoms with Crippen LogP contribution in [-0.2, 0) is 11.2 Å². The van der Waals surface area contributed by atoms with Crippen LogP contribution in [0.4, 0.5) is 5.69 Å². The van der Waals surface area contributed by atoms with Crippen LogP contribution < -0.4 is 14.8 Å². The quantitative estimate of drug-likeness (QED) is 0.782. The van der Waals surface area contributed by atoms with Crippen LogP contribution in [0.3, 0.4) is 0 Å². The molecular weight excluding hydrogens is 304 g/mol. The van der Waals surface area contributed by atoms with Crippen molar-refractivity contribution in [2.24, 2.45) is 0 Å². The molecule has 1 N–H and O–H groups in total. The van der Waals surface area contributed by atoms with E-state index < -0.39 is 0 Å². The van der Waals surface area contributed by atoms with Crippen LogP contribution in [0.1, 0.15) is 5.56 Å². The summed E-state index contributed by atoms with van der Waals surface area (Å²) in [6.07, 6.45) is 1.92. The number of carbonyl (C=O) groups is 1. The number of rotatable bonds is 5. The van der Waals surface area contributed by atoms with Crippen molar-refractivity contribution in [2.75, 3.05) is 19.5 Å². The van der Waals surface area contributed by atoms with E-state index in [1.54, 1.807) is 26.5 Å². The topological polar surface area (TPSA) is 60.5 Å². The summed E-state index contributed by atoms with van der Waals surface area (Å²) in [5.74, 6) is 1.23. The van der Waals surface area contributed by atoms with E-state index in [-0.39, 0.29) is 12.3 Å². The minimum Gasteiger partial charge on any atom is -0.497 e. The second kappa shape index (κ2) is 7.00. The normalized spacial score (nSPS) is 10.4. The molecule has 0 aliphatic rings. The highest BCUT2D eigenvalue weighted by atomic mass is 16.5. The number of nitrogens with one attached hydrogen (secondary N) is 1. The first kappa shape index (κ1) is 15.8. The minimum absolute atomic E-state index is 0.139. The SMILES string of the molecule is COc1cc(NC(=O)Cc2ccccc2OC)c2ncccc2c1. The Morgan fingerprint density at radius 1 is 1.08 bits per heavy atom. The first-order valence-corrected chi connectivity index (χ1v) is 7.56. The molecule has 0 unspecified atom stereocenters. The summed E-state index contributed by atoms with van der Waals surface area (Å²) >= 11 is 0. The van der Waals surface area contributed by atoms with Crippen molar-refractivity contribution < 1.29 is 14.3 Å². The van der Waals surface area contributed by atoms with Gasteiger partial charge in [0, 0.05) is 23.2 Å². The van der Waals surface area contributed by atoms with Crippen LogP contribution in [0.15, 0.2) is 54.7 Å². The van der Waals surface area contributed by atoms with E-state index in [4.69, 9.17) is 9.47 Å². The molecule has 0 radical (unpaired) electrons. The van der Waals surface area contributed by atoms with Crippen LogP contribution in [0.2, 0.25) is 0 Å². The lowest BCUT2D eigenvalue weighted by atomic mass is 10.1. The van der Waals surface area contributed by atoms with Gasteiger partial charge in [-0.05, 0) is 18.2 Å². The van der Waals surface area contributed by atoms with Gasteiger partial charge in [0.25, 0.3) is 0 Å². The molecule has 1 aromatic heterocycles. The molecule has 0 fully saturated rings. The Labute approximate surface area is 140 Å². The van der Waals surface area contributed by atoms with E-state index in [0.29, 0.717) is 17.2 Å². The molecule has 5 heteroatoms. The standard InChI is InChI=1S/C19H18N2O3/c1-23-15-10-14-7-5-9-20-19(14)16(12-15)21-18(22)11-13-6-3-4-8-17(13)24-2/h3-10,12H,11H2,1-2H3,(H,21,22). The van der Waals surface area contributed by atoms with Gasteiger partial charge >= 0.3 is 0 Å². The number of ether oxygens (including phenoxy) is 2. The zero-order chi connectivity index (χ0) is 16.9. The zero-order valence-corrected chi connectivity index (χ0v) is 13.6. The molecular formula is C19H18N2O3. The molecule has 24 heavy (non-hydrogen) atoms. The van der Waals surface area contributed by atoms with Gasteiger partial charge in [-0.25, -0.2) is 0 Å². The Bertz CT molecular complexity index is 877. The molecule has 3 rings (SSSR count). The van der Waals surface area contributed by atoms with E-state index >= 15 is 0 Å². The lowest BCUT2D eigenvalue weighted by Crippen LogP contribution is -2.15. The number of anilines is 1. The maximum absolute atomic E-state index is 12.5. The van der Waals surface area contributed by atoms with Crippen molar-refractivity contribution in [3.05, 3.63) is 60.3 Å². The summed E-state index contributed by atoms with van der Waals surface area (Å²) in [5.41, 5.74) is 2.19. The number of nitrogens with zero attached hydrogens (tertiary/aromatic N) is 1. The molecule has 1 amide bonds. The fourth-order valence-electron chi connectivity index (χ4n) is 2.59. The Morgan fingerprint density at radius 3 is 2.71 bits per heavy atom. The summed E-state index contributed by atoms with van der Waals surface area (Å²) in [7, 11) is 3.19. The molecule has 0 aliphatic carbocycles. The zero-order valence-electron chi connectivity index (χ0n) is 13.6. The number of benzene rings is 2. The fourth-order valence-corrected chi connectivity index (χ4v) is 2.59. The predicted octanol–water partition coefficient (Wildman–Crippen LogP) is 3.43. The molecule has 0 atom stereocenters. The number of methoxy groups -OCH3 is 2. The second-order valence-electron chi connectivity index (χ2n) is 5.29. The van der Waals surface area contributed by atoms with Crippen LogP contribution in [0, 0.1) is 0 Å². The monoisotopic (exact) mass is 322 g/mol. The van der Waals surface area contributed by atoms with Crippen LogP contribution >= 0.6 is 0 Å². The number of carbonyl (C=O) groups excluding carboxylic acids is 1. The molecule has 0 saturated carbocycles. The molecule has 5 nitrogen and oxygen atoms in total. The van der Waals surface area contributed by atoms with Gasteiger partial charge in [-0.3, -0.25) is 9.78 Å². The van der Waals surface area contributed by atoms with E-state index in [2.05, 4.69) is 10.3 Å². The second-order valence-corrected chi connectivity index (χ2v) is 5.29. The van der Waals surface area contributed by atoms with Crippen molar-refractivity contribution in [1.82, 2.24) is 4.98 Å². The molecule has 0 bridgehead atoms. The molecule has 0 spiro atoms. The van der Waals surface area contributed by atoms with E-state index in [0.717, 1.165) is 16.5 Å². The summed E-state index contributed by atoms with van der Waals surface area (Å²) in [5, 5.41) is 3.83. The van der Waals surface area contributed by atoms with Crippen molar-refractivity contribution in [3.63, 3.8) is 0 Å². The van der Waals surface area contributed by atoms with Crippen molar-refractivity contribution in [2.45, 2.75) is 6.42 Å². The van der Waals surface area contributed by atoms with Gasteiger partial charge in [-0.2, -0.15) is 0 Å². The molecule has 0 aliphatic heterocycles. The van der Waals surface area contributed by atoms with Gasteiger partial charge in [-0.1, -0.05) is 24.3 Å². The first-order valence-electron chi connectivity index (χ1n) is 7.56. The van der Waals surface area contributed by atoms with Crippen molar-refractivity contribution in [3.8, 4) is 11.5 Å². The number of aromatic nitrogens is 1. The number of pyridine rings is 1. The summed E-state index contributed by atoms with van der Waals surface area (Å²) in [6.45, 7) is 0. The summed E-state index contributed by atoms with van der Waals surface area (Å²) in [4.78, 5) is 16.8. The lowest BCUT2D eigenvalue weighted by Gasteiger charge is -2.12. The van der Waals surface area contributed by atoms with Gasteiger partial charge in [-0.15, -0.1) is 0 Å². The van der Waals surface area contributed by atoms with Gasteiger partial charge < -0.3 is 14.8 Å². The predicted molar refractivity (Wildman–Crippen MR) is 93.6 cm³/mol. The Balaban J connectivity index is 1.88. The minimum atomic E-state index is -0.139. The number of amides is 1. The lowest BCUT2D eigenvalue weighted by molar-refractivity contribution is -0.115. The van der Waals surface area contributed by atoms with Crippen LogP contribution in [-0.4, -0.2) is 25.1 Å². The average molecular weight is 322 g/mol. The van der Waals surface area contributed by atoms with Crippen molar-refractivity contribution >= 4 is 22.5 Å². The first-order chi connectivity index (χ1) is 11.7. The van der Waals surface area contributed by atoms with Crippen LogP contribution in [0.5, 0.6) is 11.5 Å². The largest absolute Gasteiger partial charge is 0.497 e. The molecule has 1 heterocycles. The molecule has 0 saturated heterocycles. The number of fused-ring (bicyclic) bond motifs is 1. The van der Waals surface area contributed by atoms with E-state index in [9.17, 15) is 4.79 Å². The van der Waals surface area contributed by atoms with Gasteiger partial charge in [0.1, 0.15) is 11.5 Å². The third kappa shape index (κ3) is 3.30. The molecule has 2 aromatic carbocycles. The van der Waals surface area contributed by atoms with Crippen LogP contribution in [0.25, 0.3) is 10.9 Å². The third-order valence-electron chi connectivity index (χ3n) is 3.73. The summed E-state index contributed by atoms with van der Waals surface area (Å²) < 4.78 is 10.6. The maximum Gasteiger partial charge on any atom is 0.228 e. The highest BCUT2D eigenvalue weighted by Gasteiger charge is 2.12. The summed E-state index contributed by atoms with van der Waals surface area (Å²) in [6, 6.07) is 14.9.